The Bertz CT molecular complexity index is 361. The molecule has 20 heavy (non-hydrogen) atoms. The first-order chi connectivity index (χ1) is 9.69. The molecule has 0 aliphatic carbocycles. The zero-order valence-corrected chi connectivity index (χ0v) is 12.4. The van der Waals surface area contributed by atoms with Crippen LogP contribution in [0.4, 0.5) is 0 Å². The van der Waals surface area contributed by atoms with Crippen molar-refractivity contribution >= 4 is 5.97 Å². The van der Waals surface area contributed by atoms with Gasteiger partial charge in [-0.25, -0.2) is 4.79 Å². The second-order valence-corrected chi connectivity index (χ2v) is 3.81. The van der Waals surface area contributed by atoms with Gasteiger partial charge in [0, 0.05) is 27.3 Å². The molecule has 0 aliphatic rings. The molecular formula is C15H23NO4. The summed E-state index contributed by atoms with van der Waals surface area (Å²) >= 11 is 0. The lowest BCUT2D eigenvalue weighted by molar-refractivity contribution is -0.137. The summed E-state index contributed by atoms with van der Waals surface area (Å²) in [6.07, 6.45) is 10.4. The molecule has 0 aromatic carbocycles. The van der Waals surface area contributed by atoms with E-state index in [1.807, 2.05) is 11.1 Å². The molecule has 0 saturated heterocycles. The number of allylic oxidation sites excluding steroid dienone is 2. The van der Waals surface area contributed by atoms with Crippen molar-refractivity contribution in [1.82, 2.24) is 4.90 Å². The maximum absolute atomic E-state index is 11.5. The number of ether oxygens (including phenoxy) is 3. The van der Waals surface area contributed by atoms with Crippen LogP contribution >= 0.6 is 0 Å². The highest BCUT2D eigenvalue weighted by molar-refractivity contribution is 5.93. The molecule has 0 fully saturated rings. The normalized spacial score (nSPS) is 11.4. The fourth-order valence-electron chi connectivity index (χ4n) is 1.32. The highest BCUT2D eigenvalue weighted by Gasteiger charge is 2.05. The number of hydrogen-bond acceptors (Lipinski definition) is 5. The Labute approximate surface area is 121 Å². The Balaban J connectivity index is 4.57. The van der Waals surface area contributed by atoms with Crippen LogP contribution in [-0.4, -0.2) is 58.0 Å². The number of esters is 1. The molecular weight excluding hydrogens is 258 g/mol. The summed E-state index contributed by atoms with van der Waals surface area (Å²) in [5.41, 5.74) is 0.196. The first-order valence-electron chi connectivity index (χ1n) is 6.43. The Morgan fingerprint density at radius 3 is 2.30 bits per heavy atom. The highest BCUT2D eigenvalue weighted by atomic mass is 16.5. The zero-order chi connectivity index (χ0) is 15.2. The van der Waals surface area contributed by atoms with Gasteiger partial charge in [0.05, 0.1) is 19.8 Å². The van der Waals surface area contributed by atoms with E-state index in [9.17, 15) is 4.79 Å². The van der Waals surface area contributed by atoms with E-state index in [-0.39, 0.29) is 5.57 Å². The highest BCUT2D eigenvalue weighted by Crippen LogP contribution is 1.99. The molecule has 0 aliphatic heterocycles. The van der Waals surface area contributed by atoms with Crippen molar-refractivity contribution < 1.29 is 19.0 Å². The molecule has 0 heterocycles. The summed E-state index contributed by atoms with van der Waals surface area (Å²) in [6.45, 7) is 4.72. The molecule has 0 amide bonds. The van der Waals surface area contributed by atoms with Crippen molar-refractivity contribution in [2.75, 3.05) is 47.1 Å². The maximum atomic E-state index is 11.5. The topological polar surface area (TPSA) is 48.0 Å². The number of nitrogens with zero attached hydrogens (tertiary/aromatic N) is 1. The molecule has 5 heteroatoms. The van der Waals surface area contributed by atoms with E-state index in [1.165, 1.54) is 0 Å². The first-order valence-corrected chi connectivity index (χ1v) is 6.43. The monoisotopic (exact) mass is 281 g/mol. The molecule has 0 aromatic rings. The Morgan fingerprint density at radius 2 is 1.85 bits per heavy atom. The lowest BCUT2D eigenvalue weighted by Gasteiger charge is -2.19. The molecule has 0 saturated carbocycles. The van der Waals surface area contributed by atoms with Gasteiger partial charge in [-0.15, -0.1) is 6.42 Å². The largest absolute Gasteiger partial charge is 0.462 e. The summed E-state index contributed by atoms with van der Waals surface area (Å²) in [6, 6.07) is 0. The zero-order valence-electron chi connectivity index (χ0n) is 12.4. The number of hydrogen-bond donors (Lipinski definition) is 0. The van der Waals surface area contributed by atoms with Crippen molar-refractivity contribution in [2.24, 2.45) is 0 Å². The average Bonchev–Trinajstić information content (AvgIpc) is 2.45. The number of methoxy groups -OCH3 is 2. The van der Waals surface area contributed by atoms with E-state index in [2.05, 4.69) is 5.92 Å². The van der Waals surface area contributed by atoms with Gasteiger partial charge in [-0.1, -0.05) is 5.92 Å². The summed E-state index contributed by atoms with van der Waals surface area (Å²) in [7, 11) is 3.30. The van der Waals surface area contributed by atoms with Crippen LogP contribution in [0.2, 0.25) is 0 Å². The van der Waals surface area contributed by atoms with Crippen LogP contribution < -0.4 is 0 Å². The Hall–Kier alpha value is -1.77. The van der Waals surface area contributed by atoms with Crippen LogP contribution in [-0.2, 0) is 19.0 Å². The predicted octanol–water partition coefficient (Wildman–Crippen LogP) is 1.22. The Morgan fingerprint density at radius 1 is 1.25 bits per heavy atom. The number of rotatable bonds is 10. The van der Waals surface area contributed by atoms with Gasteiger partial charge in [0.2, 0.25) is 0 Å². The van der Waals surface area contributed by atoms with Crippen LogP contribution in [0.15, 0.2) is 23.9 Å². The number of carbonyl (C=O) groups is 1. The fraction of sp³-hybridized carbons (Fsp3) is 0.533. The van der Waals surface area contributed by atoms with E-state index >= 15 is 0 Å². The minimum Gasteiger partial charge on any atom is -0.462 e. The van der Waals surface area contributed by atoms with E-state index < -0.39 is 5.97 Å². The molecule has 0 spiro atoms. The van der Waals surface area contributed by atoms with Crippen molar-refractivity contribution in [3.05, 3.63) is 23.9 Å². The molecule has 0 N–H and O–H groups in total. The van der Waals surface area contributed by atoms with Crippen molar-refractivity contribution in [2.45, 2.75) is 6.92 Å². The maximum Gasteiger partial charge on any atom is 0.346 e. The summed E-state index contributed by atoms with van der Waals surface area (Å²) in [5.74, 6) is 1.83. The lowest BCUT2D eigenvalue weighted by Crippen LogP contribution is -2.25. The molecule has 0 unspecified atom stereocenters. The summed E-state index contributed by atoms with van der Waals surface area (Å²) in [5, 5.41) is 0. The van der Waals surface area contributed by atoms with Crippen molar-refractivity contribution in [3.8, 4) is 12.3 Å². The first kappa shape index (κ1) is 18.2. The smallest absolute Gasteiger partial charge is 0.346 e. The van der Waals surface area contributed by atoms with Gasteiger partial charge in [-0.05, 0) is 25.3 Å². The Kier molecular flexibility index (Phi) is 11.2. The third-order valence-corrected chi connectivity index (χ3v) is 2.38. The van der Waals surface area contributed by atoms with Gasteiger partial charge < -0.3 is 19.1 Å². The third-order valence-electron chi connectivity index (χ3n) is 2.38. The fourth-order valence-corrected chi connectivity index (χ4v) is 1.32. The lowest BCUT2D eigenvalue weighted by atomic mass is 10.2. The van der Waals surface area contributed by atoms with Crippen molar-refractivity contribution in [3.63, 3.8) is 0 Å². The van der Waals surface area contributed by atoms with Crippen LogP contribution in [0.3, 0.4) is 0 Å². The SMILES string of the molecule is C#CC(=CC=CN(CCOC)CCOC)C(=O)OCC. The van der Waals surface area contributed by atoms with Gasteiger partial charge in [0.25, 0.3) is 0 Å². The number of terminal acetylenes is 1. The molecule has 0 atom stereocenters. The van der Waals surface area contributed by atoms with Gasteiger partial charge in [-0.3, -0.25) is 0 Å². The molecule has 0 aromatic heterocycles. The van der Waals surface area contributed by atoms with E-state index in [0.29, 0.717) is 19.8 Å². The minimum atomic E-state index is -0.486. The van der Waals surface area contributed by atoms with Gasteiger partial charge in [0.1, 0.15) is 5.57 Å². The third kappa shape index (κ3) is 8.35. The van der Waals surface area contributed by atoms with Gasteiger partial charge in [-0.2, -0.15) is 0 Å². The quantitative estimate of drug-likeness (QED) is 0.261. The molecule has 0 radical (unpaired) electrons. The van der Waals surface area contributed by atoms with E-state index in [1.54, 1.807) is 33.3 Å². The second-order valence-electron chi connectivity index (χ2n) is 3.81. The molecule has 112 valence electrons. The van der Waals surface area contributed by atoms with E-state index in [4.69, 9.17) is 20.6 Å². The van der Waals surface area contributed by atoms with Crippen LogP contribution in [0.1, 0.15) is 6.92 Å². The molecule has 5 nitrogen and oxygen atoms in total. The standard InChI is InChI=1S/C15H23NO4/c1-5-14(15(17)20-6-2)8-7-9-16(10-12-18-3)11-13-19-4/h1,7-9H,6,10-13H2,2-4H3. The summed E-state index contributed by atoms with van der Waals surface area (Å²) < 4.78 is 14.9. The molecule has 0 rings (SSSR count). The second kappa shape index (κ2) is 12.3. The predicted molar refractivity (Wildman–Crippen MR) is 78.0 cm³/mol. The molecule has 0 bridgehead atoms. The van der Waals surface area contributed by atoms with Gasteiger partial charge in [0.15, 0.2) is 0 Å². The number of carbonyl (C=O) groups excluding carboxylic acids is 1. The van der Waals surface area contributed by atoms with Gasteiger partial charge >= 0.3 is 5.97 Å². The minimum absolute atomic E-state index is 0.196. The van der Waals surface area contributed by atoms with Crippen LogP contribution in [0, 0.1) is 12.3 Å². The van der Waals surface area contributed by atoms with E-state index in [0.717, 1.165) is 13.1 Å². The average molecular weight is 281 g/mol. The van der Waals surface area contributed by atoms with Crippen LogP contribution in [0.25, 0.3) is 0 Å². The summed E-state index contributed by atoms with van der Waals surface area (Å²) in [4.78, 5) is 13.5. The van der Waals surface area contributed by atoms with Crippen LogP contribution in [0.5, 0.6) is 0 Å². The van der Waals surface area contributed by atoms with Crippen molar-refractivity contribution in [1.29, 1.82) is 0 Å².